The molecule has 1 amide bonds. The van der Waals surface area contributed by atoms with E-state index < -0.39 is 0 Å². The molecule has 3 nitrogen and oxygen atoms in total. The molecular formula is C25H40N2O. The van der Waals surface area contributed by atoms with Crippen LogP contribution < -0.4 is 5.32 Å². The van der Waals surface area contributed by atoms with Crippen LogP contribution in [0.2, 0.25) is 0 Å². The Hall–Kier alpha value is -0.830. The van der Waals surface area contributed by atoms with Gasteiger partial charge in [-0.15, -0.1) is 6.58 Å². The third kappa shape index (κ3) is 2.67. The van der Waals surface area contributed by atoms with Crippen LogP contribution in [0.25, 0.3) is 0 Å². The molecule has 1 saturated heterocycles. The highest BCUT2D eigenvalue weighted by Crippen LogP contribution is 2.66. The SMILES string of the molecule is C=CC[C@H]1C[C@H]2[C@@H]3CC[C@H]4N(C)C(=O)CC[C@]4(C)[C@H]3CC[C@]2(C)[C@H]1NC1CC1. The van der Waals surface area contributed by atoms with Crippen molar-refractivity contribution in [2.45, 2.75) is 96.2 Å². The summed E-state index contributed by atoms with van der Waals surface area (Å²) >= 11 is 0. The highest BCUT2D eigenvalue weighted by molar-refractivity contribution is 5.77. The lowest BCUT2D eigenvalue weighted by Gasteiger charge is -2.61. The Morgan fingerprint density at radius 3 is 2.61 bits per heavy atom. The Kier molecular flexibility index (Phi) is 4.51. The number of hydrogen-bond donors (Lipinski definition) is 1. The fraction of sp³-hybridized carbons (Fsp3) is 0.880. The van der Waals surface area contributed by atoms with E-state index in [1.807, 2.05) is 0 Å². The molecule has 1 N–H and O–H groups in total. The molecule has 0 aromatic carbocycles. The van der Waals surface area contributed by atoms with E-state index in [1.54, 1.807) is 0 Å². The third-order valence-electron chi connectivity index (χ3n) is 10.2. The summed E-state index contributed by atoms with van der Waals surface area (Å²) in [7, 11) is 2.07. The minimum atomic E-state index is 0.336. The molecule has 0 aromatic heterocycles. The van der Waals surface area contributed by atoms with Crippen molar-refractivity contribution >= 4 is 5.91 Å². The second-order valence-corrected chi connectivity index (χ2v) is 11.5. The Balaban J connectivity index is 1.43. The van der Waals surface area contributed by atoms with Crippen LogP contribution in [0.5, 0.6) is 0 Å². The highest BCUT2D eigenvalue weighted by atomic mass is 16.2. The Labute approximate surface area is 171 Å². The molecule has 3 heteroatoms. The summed E-state index contributed by atoms with van der Waals surface area (Å²) in [5.74, 6) is 3.67. The Bertz CT molecular complexity index is 657. The zero-order valence-electron chi connectivity index (χ0n) is 18.3. The lowest BCUT2D eigenvalue weighted by molar-refractivity contribution is -0.157. The van der Waals surface area contributed by atoms with Crippen molar-refractivity contribution in [2.75, 3.05) is 7.05 Å². The molecule has 5 fully saturated rings. The summed E-state index contributed by atoms with van der Waals surface area (Å²) in [4.78, 5) is 14.5. The smallest absolute Gasteiger partial charge is 0.222 e. The monoisotopic (exact) mass is 384 g/mol. The molecule has 4 saturated carbocycles. The van der Waals surface area contributed by atoms with Crippen molar-refractivity contribution in [1.82, 2.24) is 10.2 Å². The molecule has 0 bridgehead atoms. The quantitative estimate of drug-likeness (QED) is 0.708. The van der Waals surface area contributed by atoms with Gasteiger partial charge in [0.05, 0.1) is 0 Å². The Morgan fingerprint density at radius 2 is 1.89 bits per heavy atom. The normalized spacial score (nSPS) is 50.7. The predicted octanol–water partition coefficient (Wildman–Crippen LogP) is 4.77. The van der Waals surface area contributed by atoms with Crippen LogP contribution in [0.15, 0.2) is 12.7 Å². The molecule has 5 rings (SSSR count). The van der Waals surface area contributed by atoms with E-state index in [0.29, 0.717) is 28.8 Å². The number of carbonyl (C=O) groups excluding carboxylic acids is 1. The van der Waals surface area contributed by atoms with Crippen molar-refractivity contribution in [3.8, 4) is 0 Å². The van der Waals surface area contributed by atoms with E-state index in [2.05, 4.69) is 43.8 Å². The summed E-state index contributed by atoms with van der Waals surface area (Å²) in [6, 6.07) is 1.95. The summed E-state index contributed by atoms with van der Waals surface area (Å²) < 4.78 is 0. The number of rotatable bonds is 4. The topological polar surface area (TPSA) is 32.3 Å². The van der Waals surface area contributed by atoms with Crippen LogP contribution in [0, 0.1) is 34.5 Å². The van der Waals surface area contributed by atoms with E-state index in [9.17, 15) is 4.79 Å². The van der Waals surface area contributed by atoms with Crippen molar-refractivity contribution in [3.63, 3.8) is 0 Å². The maximum absolute atomic E-state index is 12.4. The van der Waals surface area contributed by atoms with Crippen LogP contribution in [-0.4, -0.2) is 36.0 Å². The standard InChI is InChI=1S/C25H40N2O/c1-5-6-16-15-20-18-9-10-21-24(2,14-12-22(28)27(21)4)19(18)11-13-25(20,3)23(16)26-17-7-8-17/h5,16-21,23,26H,1,6-15H2,2-4H3/t16-,18+,19-,20-,21+,23-,24+,25-/m0/s1. The van der Waals surface area contributed by atoms with Gasteiger partial charge in [-0.2, -0.15) is 0 Å². The van der Waals surface area contributed by atoms with Crippen LogP contribution in [0.1, 0.15) is 78.1 Å². The van der Waals surface area contributed by atoms with E-state index >= 15 is 0 Å². The van der Waals surface area contributed by atoms with Gasteiger partial charge in [-0.1, -0.05) is 19.9 Å². The highest BCUT2D eigenvalue weighted by Gasteiger charge is 2.63. The van der Waals surface area contributed by atoms with Gasteiger partial charge in [0, 0.05) is 31.6 Å². The van der Waals surface area contributed by atoms with Crippen LogP contribution in [0.4, 0.5) is 0 Å². The first-order valence-electron chi connectivity index (χ1n) is 12.0. The molecule has 0 radical (unpaired) electrons. The van der Waals surface area contributed by atoms with Crippen LogP contribution in [-0.2, 0) is 4.79 Å². The number of carbonyl (C=O) groups is 1. The van der Waals surface area contributed by atoms with Gasteiger partial charge >= 0.3 is 0 Å². The number of hydrogen-bond acceptors (Lipinski definition) is 2. The van der Waals surface area contributed by atoms with Crippen molar-refractivity contribution in [1.29, 1.82) is 0 Å². The zero-order valence-corrected chi connectivity index (χ0v) is 18.3. The van der Waals surface area contributed by atoms with Crippen molar-refractivity contribution in [2.24, 2.45) is 34.5 Å². The summed E-state index contributed by atoms with van der Waals surface area (Å²) in [6.45, 7) is 9.25. The van der Waals surface area contributed by atoms with Crippen LogP contribution >= 0.6 is 0 Å². The first-order valence-corrected chi connectivity index (χ1v) is 12.0. The molecule has 4 aliphatic carbocycles. The third-order valence-corrected chi connectivity index (χ3v) is 10.2. The molecular weight excluding hydrogens is 344 g/mol. The van der Waals surface area contributed by atoms with Crippen molar-refractivity contribution < 1.29 is 4.79 Å². The number of nitrogens with one attached hydrogen (secondary N) is 1. The number of allylic oxidation sites excluding steroid dienone is 1. The number of nitrogens with zero attached hydrogens (tertiary/aromatic N) is 1. The summed E-state index contributed by atoms with van der Waals surface area (Å²) in [6.07, 6.45) is 14.7. The zero-order chi connectivity index (χ0) is 19.7. The second-order valence-electron chi connectivity index (χ2n) is 11.5. The molecule has 156 valence electrons. The van der Waals surface area contributed by atoms with Gasteiger partial charge in [-0.25, -0.2) is 0 Å². The largest absolute Gasteiger partial charge is 0.342 e. The molecule has 8 atom stereocenters. The van der Waals surface area contributed by atoms with E-state index in [-0.39, 0.29) is 0 Å². The van der Waals surface area contributed by atoms with Gasteiger partial charge in [-0.3, -0.25) is 4.79 Å². The predicted molar refractivity (Wildman–Crippen MR) is 114 cm³/mol. The molecule has 1 aliphatic heterocycles. The van der Waals surface area contributed by atoms with Gasteiger partial charge in [-0.05, 0) is 92.3 Å². The fourth-order valence-electron chi connectivity index (χ4n) is 8.61. The fourth-order valence-corrected chi connectivity index (χ4v) is 8.61. The minimum Gasteiger partial charge on any atom is -0.342 e. The van der Waals surface area contributed by atoms with E-state index in [4.69, 9.17) is 0 Å². The molecule has 28 heavy (non-hydrogen) atoms. The number of likely N-dealkylation sites (tertiary alicyclic amines) is 1. The first-order chi connectivity index (χ1) is 13.4. The van der Waals surface area contributed by atoms with Crippen molar-refractivity contribution in [3.05, 3.63) is 12.7 Å². The maximum atomic E-state index is 12.4. The van der Waals surface area contributed by atoms with Gasteiger partial charge in [0.2, 0.25) is 5.91 Å². The Morgan fingerprint density at radius 1 is 1.11 bits per heavy atom. The van der Waals surface area contributed by atoms with E-state index in [1.165, 1.54) is 51.4 Å². The molecule has 1 heterocycles. The molecule has 0 unspecified atom stereocenters. The maximum Gasteiger partial charge on any atom is 0.222 e. The number of piperidine rings is 1. The lowest BCUT2D eigenvalue weighted by Crippen LogP contribution is -2.62. The summed E-state index contributed by atoms with van der Waals surface area (Å²) in [5.41, 5.74) is 0.792. The second kappa shape index (κ2) is 6.59. The molecule has 5 aliphatic rings. The first kappa shape index (κ1) is 19.2. The van der Waals surface area contributed by atoms with Gasteiger partial charge in [0.15, 0.2) is 0 Å². The van der Waals surface area contributed by atoms with Gasteiger partial charge in [0.1, 0.15) is 0 Å². The van der Waals surface area contributed by atoms with Gasteiger partial charge < -0.3 is 10.2 Å². The van der Waals surface area contributed by atoms with Gasteiger partial charge in [0.25, 0.3) is 0 Å². The average molecular weight is 385 g/mol. The average Bonchev–Trinajstić information content (AvgIpc) is 3.44. The summed E-state index contributed by atoms with van der Waals surface area (Å²) in [5, 5.41) is 4.10. The molecule has 0 spiro atoms. The number of amides is 1. The number of fused-ring (bicyclic) bond motifs is 5. The molecule has 0 aromatic rings. The van der Waals surface area contributed by atoms with Crippen LogP contribution in [0.3, 0.4) is 0 Å². The van der Waals surface area contributed by atoms with E-state index in [0.717, 1.165) is 42.6 Å². The lowest BCUT2D eigenvalue weighted by atomic mass is 9.47. The minimum absolute atomic E-state index is 0.336.